The van der Waals surface area contributed by atoms with Crippen LogP contribution in [0.5, 0.6) is 0 Å². The molecule has 19 heavy (non-hydrogen) atoms. The lowest BCUT2D eigenvalue weighted by atomic mass is 10.2. The van der Waals surface area contributed by atoms with E-state index in [2.05, 4.69) is 4.98 Å². The average molecular weight is 265 g/mol. The Hall–Kier alpha value is -2.11. The number of carbonyl (C=O) groups excluding carboxylic acids is 1. The zero-order valence-corrected chi connectivity index (χ0v) is 11.2. The van der Waals surface area contributed by atoms with Gasteiger partial charge in [0.25, 0.3) is 5.91 Å². The summed E-state index contributed by atoms with van der Waals surface area (Å²) >= 11 is 0. The van der Waals surface area contributed by atoms with E-state index in [9.17, 15) is 9.59 Å². The van der Waals surface area contributed by atoms with E-state index in [0.29, 0.717) is 18.7 Å². The third-order valence-corrected chi connectivity index (χ3v) is 2.72. The van der Waals surface area contributed by atoms with Crippen LogP contribution in [0.25, 0.3) is 0 Å². The van der Waals surface area contributed by atoms with Gasteiger partial charge in [-0.2, -0.15) is 0 Å². The van der Waals surface area contributed by atoms with Gasteiger partial charge in [0.05, 0.1) is 5.69 Å². The number of carboxylic acid groups (broad SMARTS) is 1. The highest BCUT2D eigenvalue weighted by Gasteiger charge is 2.21. The van der Waals surface area contributed by atoms with E-state index < -0.39 is 5.97 Å². The highest BCUT2D eigenvalue weighted by molar-refractivity contribution is 5.97. The minimum atomic E-state index is -0.867. The van der Waals surface area contributed by atoms with Crippen LogP contribution in [-0.4, -0.2) is 39.5 Å². The maximum Gasteiger partial charge on any atom is 0.303 e. The van der Waals surface area contributed by atoms with Crippen LogP contribution < -0.4 is 5.73 Å². The van der Waals surface area contributed by atoms with Crippen LogP contribution in [0, 0.1) is 0 Å². The fourth-order valence-electron chi connectivity index (χ4n) is 1.73. The molecule has 0 saturated carbocycles. The average Bonchev–Trinajstić information content (AvgIpc) is 2.33. The minimum Gasteiger partial charge on any atom is -0.481 e. The molecule has 0 atom stereocenters. The second kappa shape index (κ2) is 6.72. The third kappa shape index (κ3) is 4.24. The molecule has 6 nitrogen and oxygen atoms in total. The van der Waals surface area contributed by atoms with E-state index in [1.807, 2.05) is 13.8 Å². The largest absolute Gasteiger partial charge is 0.481 e. The van der Waals surface area contributed by atoms with Crippen molar-refractivity contribution < 1.29 is 14.7 Å². The molecule has 1 aromatic rings. The van der Waals surface area contributed by atoms with Crippen LogP contribution >= 0.6 is 0 Å². The molecule has 0 bridgehead atoms. The SMILES string of the molecule is CC(C)N(CCCC(=O)O)C(=O)c1ncccc1N. The lowest BCUT2D eigenvalue weighted by Crippen LogP contribution is -2.38. The molecule has 3 N–H and O–H groups in total. The summed E-state index contributed by atoms with van der Waals surface area (Å²) in [4.78, 5) is 28.4. The van der Waals surface area contributed by atoms with Crippen LogP contribution in [0.2, 0.25) is 0 Å². The zero-order valence-electron chi connectivity index (χ0n) is 11.2. The summed E-state index contributed by atoms with van der Waals surface area (Å²) in [6.07, 6.45) is 1.96. The molecule has 1 heterocycles. The first-order valence-corrected chi connectivity index (χ1v) is 6.16. The molecule has 0 unspecified atom stereocenters. The van der Waals surface area contributed by atoms with Gasteiger partial charge in [0, 0.05) is 25.2 Å². The number of nitrogen functional groups attached to an aromatic ring is 1. The summed E-state index contributed by atoms with van der Waals surface area (Å²) in [5.74, 6) is -1.13. The number of aromatic nitrogens is 1. The Balaban J connectivity index is 2.79. The Morgan fingerprint density at radius 1 is 1.47 bits per heavy atom. The Morgan fingerprint density at radius 3 is 2.68 bits per heavy atom. The molecule has 0 radical (unpaired) electrons. The number of nitrogens with two attached hydrogens (primary N) is 1. The van der Waals surface area contributed by atoms with Crippen LogP contribution in [0.15, 0.2) is 18.3 Å². The predicted molar refractivity (Wildman–Crippen MR) is 71.7 cm³/mol. The highest BCUT2D eigenvalue weighted by Crippen LogP contribution is 2.13. The highest BCUT2D eigenvalue weighted by atomic mass is 16.4. The molecule has 0 spiro atoms. The van der Waals surface area contributed by atoms with Crippen molar-refractivity contribution >= 4 is 17.6 Å². The smallest absolute Gasteiger partial charge is 0.303 e. The molecule has 0 aliphatic carbocycles. The number of amides is 1. The summed E-state index contributed by atoms with van der Waals surface area (Å²) in [6, 6.07) is 3.24. The lowest BCUT2D eigenvalue weighted by molar-refractivity contribution is -0.137. The number of pyridine rings is 1. The van der Waals surface area contributed by atoms with Gasteiger partial charge in [-0.3, -0.25) is 9.59 Å². The van der Waals surface area contributed by atoms with Crippen LogP contribution in [-0.2, 0) is 4.79 Å². The molecule has 1 aromatic heterocycles. The summed E-state index contributed by atoms with van der Waals surface area (Å²) in [5, 5.41) is 8.63. The lowest BCUT2D eigenvalue weighted by Gasteiger charge is -2.26. The summed E-state index contributed by atoms with van der Waals surface area (Å²) in [6.45, 7) is 4.12. The normalized spacial score (nSPS) is 10.5. The second-order valence-electron chi connectivity index (χ2n) is 4.53. The fourth-order valence-corrected chi connectivity index (χ4v) is 1.73. The first-order chi connectivity index (χ1) is 8.93. The molecule has 1 amide bonds. The second-order valence-corrected chi connectivity index (χ2v) is 4.53. The summed E-state index contributed by atoms with van der Waals surface area (Å²) in [7, 11) is 0. The standard InChI is InChI=1S/C13H19N3O3/c1-9(2)16(8-4-6-11(17)18)13(19)12-10(14)5-3-7-15-12/h3,5,7,9H,4,6,8,14H2,1-2H3,(H,17,18). The van der Waals surface area contributed by atoms with Crippen molar-refractivity contribution in [3.8, 4) is 0 Å². The third-order valence-electron chi connectivity index (χ3n) is 2.72. The topological polar surface area (TPSA) is 96.5 Å². The molecule has 0 aliphatic rings. The maximum atomic E-state index is 12.3. The number of carboxylic acids is 1. The van der Waals surface area contributed by atoms with E-state index in [1.165, 1.54) is 6.20 Å². The van der Waals surface area contributed by atoms with Gasteiger partial charge in [-0.25, -0.2) is 4.98 Å². The van der Waals surface area contributed by atoms with Crippen LogP contribution in [0.3, 0.4) is 0 Å². The molecule has 0 aliphatic heterocycles. The number of hydrogen-bond donors (Lipinski definition) is 2. The van der Waals surface area contributed by atoms with Crippen molar-refractivity contribution in [2.24, 2.45) is 0 Å². The maximum absolute atomic E-state index is 12.3. The van der Waals surface area contributed by atoms with Gasteiger partial charge in [-0.15, -0.1) is 0 Å². The number of carbonyl (C=O) groups is 2. The molecule has 0 aromatic carbocycles. The van der Waals surface area contributed by atoms with Gasteiger partial charge in [-0.1, -0.05) is 0 Å². The van der Waals surface area contributed by atoms with Crippen LogP contribution in [0.4, 0.5) is 5.69 Å². The Morgan fingerprint density at radius 2 is 2.16 bits per heavy atom. The first-order valence-electron chi connectivity index (χ1n) is 6.16. The number of rotatable bonds is 6. The molecular formula is C13H19N3O3. The summed E-state index contributed by atoms with van der Waals surface area (Å²) < 4.78 is 0. The van der Waals surface area contributed by atoms with Gasteiger partial charge in [0.15, 0.2) is 5.69 Å². The number of anilines is 1. The van der Waals surface area contributed by atoms with Crippen LogP contribution in [0.1, 0.15) is 37.2 Å². The first kappa shape index (κ1) is 14.9. The Kier molecular flexibility index (Phi) is 5.29. The summed E-state index contributed by atoms with van der Waals surface area (Å²) in [5.41, 5.74) is 6.28. The zero-order chi connectivity index (χ0) is 14.4. The monoisotopic (exact) mass is 265 g/mol. The van der Waals surface area contributed by atoms with Crippen molar-refractivity contribution in [2.45, 2.75) is 32.7 Å². The molecule has 1 rings (SSSR count). The van der Waals surface area contributed by atoms with Gasteiger partial charge >= 0.3 is 5.97 Å². The van der Waals surface area contributed by atoms with Crippen molar-refractivity contribution in [3.63, 3.8) is 0 Å². The predicted octanol–water partition coefficient (Wildman–Crippen LogP) is 1.38. The van der Waals surface area contributed by atoms with Crippen molar-refractivity contribution in [1.82, 2.24) is 9.88 Å². The Bertz CT molecular complexity index is 460. The molecule has 0 fully saturated rings. The molecular weight excluding hydrogens is 246 g/mol. The van der Waals surface area contributed by atoms with E-state index in [0.717, 1.165) is 0 Å². The van der Waals surface area contributed by atoms with E-state index in [4.69, 9.17) is 10.8 Å². The van der Waals surface area contributed by atoms with Gasteiger partial charge in [-0.05, 0) is 32.4 Å². The Labute approximate surface area is 112 Å². The van der Waals surface area contributed by atoms with Gasteiger partial charge in [0.2, 0.25) is 0 Å². The molecule has 104 valence electrons. The number of aliphatic carboxylic acids is 1. The van der Waals surface area contributed by atoms with Gasteiger partial charge < -0.3 is 15.7 Å². The fraction of sp³-hybridized carbons (Fsp3) is 0.462. The van der Waals surface area contributed by atoms with E-state index in [1.54, 1.807) is 17.0 Å². The van der Waals surface area contributed by atoms with Gasteiger partial charge in [0.1, 0.15) is 0 Å². The van der Waals surface area contributed by atoms with E-state index in [-0.39, 0.29) is 24.1 Å². The van der Waals surface area contributed by atoms with Crippen molar-refractivity contribution in [2.75, 3.05) is 12.3 Å². The minimum absolute atomic E-state index is 0.0359. The quantitative estimate of drug-likeness (QED) is 0.810. The molecule has 0 saturated heterocycles. The number of nitrogens with zero attached hydrogens (tertiary/aromatic N) is 2. The number of hydrogen-bond acceptors (Lipinski definition) is 4. The van der Waals surface area contributed by atoms with E-state index >= 15 is 0 Å². The molecule has 6 heteroatoms. The van der Waals surface area contributed by atoms with Crippen molar-refractivity contribution in [1.29, 1.82) is 0 Å². The van der Waals surface area contributed by atoms with Crippen molar-refractivity contribution in [3.05, 3.63) is 24.0 Å².